The van der Waals surface area contributed by atoms with Crippen LogP contribution in [-0.2, 0) is 16.6 Å². The van der Waals surface area contributed by atoms with E-state index in [9.17, 15) is 8.42 Å². The molecule has 1 heterocycles. The summed E-state index contributed by atoms with van der Waals surface area (Å²) in [5.41, 5.74) is 1.40. The molecule has 0 unspecified atom stereocenters. The van der Waals surface area contributed by atoms with Crippen LogP contribution in [0.4, 0.5) is 0 Å². The fourth-order valence-corrected chi connectivity index (χ4v) is 3.30. The van der Waals surface area contributed by atoms with Gasteiger partial charge in [0.05, 0.1) is 18.8 Å². The number of benzene rings is 1. The standard InChI is InChI=1S/C16H19ClN2O3S/c1-3-8-22-15-9-12(2)14(17)10-16(15)23(20,21)19-11-13-6-4-5-7-18-13/h4-7,9-10,19H,3,8,11H2,1-2H3. The molecular formula is C16H19ClN2O3S. The van der Waals surface area contributed by atoms with Crippen LogP contribution < -0.4 is 9.46 Å². The van der Waals surface area contributed by atoms with E-state index in [4.69, 9.17) is 16.3 Å². The zero-order valence-corrected chi connectivity index (χ0v) is 14.6. The van der Waals surface area contributed by atoms with Crippen molar-refractivity contribution >= 4 is 21.6 Å². The quantitative estimate of drug-likeness (QED) is 0.828. The number of rotatable bonds is 7. The van der Waals surface area contributed by atoms with Gasteiger partial charge in [0.2, 0.25) is 10.0 Å². The lowest BCUT2D eigenvalue weighted by atomic mass is 10.2. The molecule has 1 aromatic carbocycles. The Morgan fingerprint density at radius 1 is 1.30 bits per heavy atom. The van der Waals surface area contributed by atoms with E-state index in [-0.39, 0.29) is 11.4 Å². The van der Waals surface area contributed by atoms with Gasteiger partial charge in [-0.1, -0.05) is 24.6 Å². The third-order valence-electron chi connectivity index (χ3n) is 3.15. The van der Waals surface area contributed by atoms with Crippen molar-refractivity contribution in [1.82, 2.24) is 9.71 Å². The molecule has 0 aliphatic carbocycles. The summed E-state index contributed by atoms with van der Waals surface area (Å²) in [6.45, 7) is 4.29. The molecule has 1 aromatic heterocycles. The molecule has 1 N–H and O–H groups in total. The van der Waals surface area contributed by atoms with Crippen LogP contribution in [0.5, 0.6) is 5.75 Å². The highest BCUT2D eigenvalue weighted by molar-refractivity contribution is 7.89. The van der Waals surface area contributed by atoms with Crippen molar-refractivity contribution in [3.8, 4) is 5.75 Å². The van der Waals surface area contributed by atoms with Gasteiger partial charge in [-0.15, -0.1) is 0 Å². The Hall–Kier alpha value is -1.63. The monoisotopic (exact) mass is 354 g/mol. The SMILES string of the molecule is CCCOc1cc(C)c(Cl)cc1S(=O)(=O)NCc1ccccn1. The summed E-state index contributed by atoms with van der Waals surface area (Å²) >= 11 is 6.08. The van der Waals surface area contributed by atoms with Gasteiger partial charge in [0.1, 0.15) is 10.6 Å². The first kappa shape index (κ1) is 17.7. The van der Waals surface area contributed by atoms with Gasteiger partial charge in [-0.05, 0) is 43.2 Å². The lowest BCUT2D eigenvalue weighted by Crippen LogP contribution is -2.24. The number of hydrogen-bond donors (Lipinski definition) is 1. The summed E-state index contributed by atoms with van der Waals surface area (Å²) in [5, 5.41) is 0.382. The van der Waals surface area contributed by atoms with Crippen molar-refractivity contribution in [2.75, 3.05) is 6.61 Å². The molecule has 124 valence electrons. The number of sulfonamides is 1. The first-order chi connectivity index (χ1) is 10.9. The number of ether oxygens (including phenoxy) is 1. The average Bonchev–Trinajstić information content (AvgIpc) is 2.54. The van der Waals surface area contributed by atoms with Crippen molar-refractivity contribution in [2.45, 2.75) is 31.7 Å². The van der Waals surface area contributed by atoms with E-state index >= 15 is 0 Å². The van der Waals surface area contributed by atoms with Crippen LogP contribution >= 0.6 is 11.6 Å². The summed E-state index contributed by atoms with van der Waals surface area (Å²) in [6.07, 6.45) is 2.39. The van der Waals surface area contributed by atoms with Crippen LogP contribution in [0.2, 0.25) is 5.02 Å². The van der Waals surface area contributed by atoms with E-state index in [2.05, 4.69) is 9.71 Å². The van der Waals surface area contributed by atoms with Gasteiger partial charge in [0, 0.05) is 11.2 Å². The molecule has 0 aliphatic heterocycles. The van der Waals surface area contributed by atoms with E-state index in [1.54, 1.807) is 37.4 Å². The normalized spacial score (nSPS) is 11.4. The van der Waals surface area contributed by atoms with E-state index in [0.29, 0.717) is 23.1 Å². The first-order valence-corrected chi connectivity index (χ1v) is 9.12. The molecular weight excluding hydrogens is 336 g/mol. The van der Waals surface area contributed by atoms with Crippen LogP contribution in [0, 0.1) is 6.92 Å². The summed E-state index contributed by atoms with van der Waals surface area (Å²) in [7, 11) is -3.76. The predicted molar refractivity (Wildman–Crippen MR) is 90.2 cm³/mol. The van der Waals surface area contributed by atoms with Crippen molar-refractivity contribution in [3.63, 3.8) is 0 Å². The second kappa shape index (κ2) is 7.77. The van der Waals surface area contributed by atoms with Gasteiger partial charge < -0.3 is 4.74 Å². The third kappa shape index (κ3) is 4.67. The lowest BCUT2D eigenvalue weighted by molar-refractivity contribution is 0.309. The third-order valence-corrected chi connectivity index (χ3v) is 4.98. The molecule has 23 heavy (non-hydrogen) atoms. The second-order valence-corrected chi connectivity index (χ2v) is 7.18. The Labute approximate surface area is 141 Å². The maximum Gasteiger partial charge on any atom is 0.244 e. The van der Waals surface area contributed by atoms with Crippen LogP contribution in [0.3, 0.4) is 0 Å². The number of halogens is 1. The zero-order chi connectivity index (χ0) is 16.9. The Kier molecular flexibility index (Phi) is 5.98. The molecule has 0 bridgehead atoms. The highest BCUT2D eigenvalue weighted by Gasteiger charge is 2.21. The topological polar surface area (TPSA) is 68.3 Å². The minimum Gasteiger partial charge on any atom is -0.492 e. The van der Waals surface area contributed by atoms with E-state index in [0.717, 1.165) is 12.0 Å². The summed E-state index contributed by atoms with van der Waals surface area (Å²) in [5.74, 6) is 0.308. The van der Waals surface area contributed by atoms with Crippen molar-refractivity contribution in [3.05, 3.63) is 52.8 Å². The molecule has 7 heteroatoms. The average molecular weight is 355 g/mol. The van der Waals surface area contributed by atoms with E-state index in [1.165, 1.54) is 6.07 Å². The smallest absolute Gasteiger partial charge is 0.244 e. The Balaban J connectivity index is 2.28. The fraction of sp³-hybridized carbons (Fsp3) is 0.312. The van der Waals surface area contributed by atoms with Gasteiger partial charge in [0.15, 0.2) is 0 Å². The largest absolute Gasteiger partial charge is 0.492 e. The molecule has 5 nitrogen and oxygen atoms in total. The van der Waals surface area contributed by atoms with Crippen molar-refractivity contribution in [2.24, 2.45) is 0 Å². The van der Waals surface area contributed by atoms with Crippen molar-refractivity contribution < 1.29 is 13.2 Å². The molecule has 0 saturated carbocycles. The molecule has 2 aromatic rings. The number of aromatic nitrogens is 1. The number of aryl methyl sites for hydroxylation is 1. The highest BCUT2D eigenvalue weighted by atomic mass is 35.5. The summed E-state index contributed by atoms with van der Waals surface area (Å²) in [4.78, 5) is 4.13. The molecule has 0 atom stereocenters. The molecule has 0 aliphatic rings. The lowest BCUT2D eigenvalue weighted by Gasteiger charge is -2.14. The number of hydrogen-bond acceptors (Lipinski definition) is 4. The number of pyridine rings is 1. The molecule has 0 spiro atoms. The molecule has 0 amide bonds. The Bertz CT molecular complexity index is 764. The van der Waals surface area contributed by atoms with E-state index in [1.807, 2.05) is 6.92 Å². The van der Waals surface area contributed by atoms with Crippen molar-refractivity contribution in [1.29, 1.82) is 0 Å². The van der Waals surface area contributed by atoms with Crippen LogP contribution in [0.1, 0.15) is 24.6 Å². The Morgan fingerprint density at radius 3 is 2.74 bits per heavy atom. The number of nitrogens with one attached hydrogen (secondary N) is 1. The first-order valence-electron chi connectivity index (χ1n) is 7.26. The van der Waals surface area contributed by atoms with Gasteiger partial charge in [-0.2, -0.15) is 0 Å². The molecule has 0 radical (unpaired) electrons. The maximum atomic E-state index is 12.6. The van der Waals surface area contributed by atoms with Crippen LogP contribution in [-0.4, -0.2) is 20.0 Å². The highest BCUT2D eigenvalue weighted by Crippen LogP contribution is 2.30. The molecule has 2 rings (SSSR count). The van der Waals surface area contributed by atoms with Crippen LogP contribution in [0.15, 0.2) is 41.4 Å². The van der Waals surface area contributed by atoms with Gasteiger partial charge in [0.25, 0.3) is 0 Å². The minimum atomic E-state index is -3.76. The van der Waals surface area contributed by atoms with Gasteiger partial charge in [-0.25, -0.2) is 13.1 Å². The predicted octanol–water partition coefficient (Wildman–Crippen LogP) is 3.31. The van der Waals surface area contributed by atoms with Gasteiger partial charge >= 0.3 is 0 Å². The zero-order valence-electron chi connectivity index (χ0n) is 13.0. The fourth-order valence-electron chi connectivity index (χ4n) is 1.92. The molecule has 0 fully saturated rings. The maximum absolute atomic E-state index is 12.6. The second-order valence-electron chi connectivity index (χ2n) is 5.04. The summed E-state index contributed by atoms with van der Waals surface area (Å²) in [6, 6.07) is 8.39. The molecule has 0 saturated heterocycles. The minimum absolute atomic E-state index is 0.0393. The Morgan fingerprint density at radius 2 is 2.09 bits per heavy atom. The number of nitrogens with zero attached hydrogens (tertiary/aromatic N) is 1. The summed E-state index contributed by atoms with van der Waals surface area (Å²) < 4.78 is 33.2. The van der Waals surface area contributed by atoms with Crippen LogP contribution in [0.25, 0.3) is 0 Å². The van der Waals surface area contributed by atoms with Gasteiger partial charge in [-0.3, -0.25) is 4.98 Å². The van der Waals surface area contributed by atoms with E-state index < -0.39 is 10.0 Å².